The zero-order chi connectivity index (χ0) is 13.9. The number of benzene rings is 1. The minimum absolute atomic E-state index is 0.0267. The van der Waals surface area contributed by atoms with Crippen molar-refractivity contribution in [1.82, 2.24) is 4.98 Å². The third-order valence-corrected chi connectivity index (χ3v) is 4.01. The first-order chi connectivity index (χ1) is 8.96. The third-order valence-electron chi connectivity index (χ3n) is 2.78. The number of sulfonamides is 1. The molecule has 0 spiro atoms. The SMILES string of the molecule is Cc1cc(NS(=O)(=O)Cc2ccccc2C)ccn1. The van der Waals surface area contributed by atoms with Gasteiger partial charge in [-0.05, 0) is 37.1 Å². The van der Waals surface area contributed by atoms with Gasteiger partial charge >= 0.3 is 0 Å². The minimum Gasteiger partial charge on any atom is -0.283 e. The van der Waals surface area contributed by atoms with Crippen molar-refractivity contribution in [2.24, 2.45) is 0 Å². The highest BCUT2D eigenvalue weighted by molar-refractivity contribution is 7.91. The van der Waals surface area contributed by atoms with Gasteiger partial charge in [-0.2, -0.15) is 0 Å². The number of hydrogen-bond donors (Lipinski definition) is 1. The highest BCUT2D eigenvalue weighted by Crippen LogP contribution is 2.15. The lowest BCUT2D eigenvalue weighted by Crippen LogP contribution is -2.15. The van der Waals surface area contributed by atoms with E-state index in [2.05, 4.69) is 9.71 Å². The summed E-state index contributed by atoms with van der Waals surface area (Å²) in [5.74, 6) is -0.0267. The average molecular weight is 276 g/mol. The van der Waals surface area contributed by atoms with Crippen LogP contribution < -0.4 is 4.72 Å². The Morgan fingerprint density at radius 2 is 1.89 bits per heavy atom. The fraction of sp³-hybridized carbons (Fsp3) is 0.214. The Balaban J connectivity index is 2.18. The quantitative estimate of drug-likeness (QED) is 0.934. The second-order valence-corrected chi connectivity index (χ2v) is 6.20. The van der Waals surface area contributed by atoms with Crippen LogP contribution in [0.1, 0.15) is 16.8 Å². The van der Waals surface area contributed by atoms with E-state index in [1.165, 1.54) is 0 Å². The number of hydrogen-bond acceptors (Lipinski definition) is 3. The topological polar surface area (TPSA) is 59.1 Å². The van der Waals surface area contributed by atoms with E-state index in [1.54, 1.807) is 18.3 Å². The number of aryl methyl sites for hydroxylation is 2. The van der Waals surface area contributed by atoms with Crippen molar-refractivity contribution in [2.75, 3.05) is 4.72 Å². The molecule has 0 aliphatic rings. The summed E-state index contributed by atoms with van der Waals surface area (Å²) in [6.45, 7) is 3.72. The molecule has 0 saturated heterocycles. The van der Waals surface area contributed by atoms with Crippen molar-refractivity contribution in [1.29, 1.82) is 0 Å². The first-order valence-corrected chi connectivity index (χ1v) is 7.59. The van der Waals surface area contributed by atoms with Gasteiger partial charge in [0.1, 0.15) is 0 Å². The molecule has 5 heteroatoms. The number of nitrogens with one attached hydrogen (secondary N) is 1. The van der Waals surface area contributed by atoms with Crippen LogP contribution in [-0.2, 0) is 15.8 Å². The van der Waals surface area contributed by atoms with Gasteiger partial charge in [0.2, 0.25) is 10.0 Å². The molecule has 2 aromatic rings. The molecule has 0 aliphatic carbocycles. The smallest absolute Gasteiger partial charge is 0.236 e. The molecule has 0 unspecified atom stereocenters. The van der Waals surface area contributed by atoms with Crippen LogP contribution >= 0.6 is 0 Å². The van der Waals surface area contributed by atoms with Crippen molar-refractivity contribution in [2.45, 2.75) is 19.6 Å². The van der Waals surface area contributed by atoms with E-state index in [0.29, 0.717) is 5.69 Å². The molecule has 100 valence electrons. The van der Waals surface area contributed by atoms with Crippen LogP contribution in [0.25, 0.3) is 0 Å². The maximum absolute atomic E-state index is 12.1. The maximum atomic E-state index is 12.1. The van der Waals surface area contributed by atoms with E-state index in [0.717, 1.165) is 16.8 Å². The summed E-state index contributed by atoms with van der Waals surface area (Å²) in [5, 5.41) is 0. The molecule has 4 nitrogen and oxygen atoms in total. The Bertz CT molecular complexity index is 681. The number of rotatable bonds is 4. The first kappa shape index (κ1) is 13.5. The van der Waals surface area contributed by atoms with Crippen LogP contribution in [-0.4, -0.2) is 13.4 Å². The van der Waals surface area contributed by atoms with E-state index in [1.807, 2.05) is 38.1 Å². The Hall–Kier alpha value is -1.88. The summed E-state index contributed by atoms with van der Waals surface area (Å²) in [4.78, 5) is 4.03. The fourth-order valence-corrected chi connectivity index (χ4v) is 3.09. The van der Waals surface area contributed by atoms with Crippen LogP contribution in [0.3, 0.4) is 0 Å². The van der Waals surface area contributed by atoms with E-state index in [-0.39, 0.29) is 5.75 Å². The Kier molecular flexibility index (Phi) is 3.85. The molecule has 1 aromatic heterocycles. The largest absolute Gasteiger partial charge is 0.283 e. The van der Waals surface area contributed by atoms with Crippen LogP contribution in [0.15, 0.2) is 42.6 Å². The molecule has 0 atom stereocenters. The number of anilines is 1. The zero-order valence-corrected chi connectivity index (χ0v) is 11.7. The maximum Gasteiger partial charge on any atom is 0.236 e. The van der Waals surface area contributed by atoms with Crippen molar-refractivity contribution in [3.05, 3.63) is 59.4 Å². The lowest BCUT2D eigenvalue weighted by atomic mass is 10.1. The summed E-state index contributed by atoms with van der Waals surface area (Å²) in [6.07, 6.45) is 1.58. The second kappa shape index (κ2) is 5.40. The molecule has 0 saturated carbocycles. The van der Waals surface area contributed by atoms with Gasteiger partial charge in [0.05, 0.1) is 11.4 Å². The van der Waals surface area contributed by atoms with E-state index in [9.17, 15) is 8.42 Å². The van der Waals surface area contributed by atoms with Gasteiger partial charge in [-0.25, -0.2) is 8.42 Å². The summed E-state index contributed by atoms with van der Waals surface area (Å²) in [6, 6.07) is 10.8. The Morgan fingerprint density at radius 1 is 1.16 bits per heavy atom. The molecule has 0 fully saturated rings. The summed E-state index contributed by atoms with van der Waals surface area (Å²) < 4.78 is 26.8. The monoisotopic (exact) mass is 276 g/mol. The first-order valence-electron chi connectivity index (χ1n) is 5.94. The lowest BCUT2D eigenvalue weighted by molar-refractivity contribution is 0.600. The van der Waals surface area contributed by atoms with Crippen molar-refractivity contribution >= 4 is 15.7 Å². The summed E-state index contributed by atoms with van der Waals surface area (Å²) >= 11 is 0. The van der Waals surface area contributed by atoms with Crippen LogP contribution in [0.2, 0.25) is 0 Å². The van der Waals surface area contributed by atoms with Gasteiger partial charge in [-0.1, -0.05) is 24.3 Å². The van der Waals surface area contributed by atoms with Gasteiger partial charge in [-0.3, -0.25) is 9.71 Å². The molecule has 2 rings (SSSR count). The summed E-state index contributed by atoms with van der Waals surface area (Å²) in [5.41, 5.74) is 3.09. The highest BCUT2D eigenvalue weighted by atomic mass is 32.2. The predicted octanol–water partition coefficient (Wildman–Crippen LogP) is 2.64. The van der Waals surface area contributed by atoms with Gasteiger partial charge in [0, 0.05) is 11.9 Å². The minimum atomic E-state index is -3.40. The van der Waals surface area contributed by atoms with Crippen molar-refractivity contribution in [3.8, 4) is 0 Å². The summed E-state index contributed by atoms with van der Waals surface area (Å²) in [7, 11) is -3.40. The standard InChI is InChI=1S/C14H16N2O2S/c1-11-5-3-4-6-13(11)10-19(17,18)16-14-7-8-15-12(2)9-14/h3-9H,10H2,1-2H3,(H,15,16). The van der Waals surface area contributed by atoms with Crippen molar-refractivity contribution in [3.63, 3.8) is 0 Å². The van der Waals surface area contributed by atoms with Gasteiger partial charge in [0.15, 0.2) is 0 Å². The Labute approximate surface area is 113 Å². The van der Waals surface area contributed by atoms with Crippen LogP contribution in [0.4, 0.5) is 5.69 Å². The molecule has 1 aromatic carbocycles. The molecule has 0 bridgehead atoms. The molecule has 19 heavy (non-hydrogen) atoms. The van der Waals surface area contributed by atoms with Crippen molar-refractivity contribution < 1.29 is 8.42 Å². The zero-order valence-electron chi connectivity index (χ0n) is 10.9. The Morgan fingerprint density at radius 3 is 2.58 bits per heavy atom. The molecule has 0 radical (unpaired) electrons. The molecule has 1 heterocycles. The average Bonchev–Trinajstić information content (AvgIpc) is 2.31. The van der Waals surface area contributed by atoms with E-state index < -0.39 is 10.0 Å². The molecule has 0 aliphatic heterocycles. The van der Waals surface area contributed by atoms with Crippen LogP contribution in [0.5, 0.6) is 0 Å². The molecular weight excluding hydrogens is 260 g/mol. The normalized spacial score (nSPS) is 11.3. The second-order valence-electron chi connectivity index (χ2n) is 4.47. The van der Waals surface area contributed by atoms with Gasteiger partial charge in [0.25, 0.3) is 0 Å². The molecule has 0 amide bonds. The molecular formula is C14H16N2O2S. The predicted molar refractivity (Wildman–Crippen MR) is 76.4 cm³/mol. The highest BCUT2D eigenvalue weighted by Gasteiger charge is 2.13. The van der Waals surface area contributed by atoms with Gasteiger partial charge in [-0.15, -0.1) is 0 Å². The van der Waals surface area contributed by atoms with E-state index in [4.69, 9.17) is 0 Å². The van der Waals surface area contributed by atoms with Gasteiger partial charge < -0.3 is 0 Å². The number of nitrogens with zero attached hydrogens (tertiary/aromatic N) is 1. The third kappa shape index (κ3) is 3.79. The fourth-order valence-electron chi connectivity index (χ4n) is 1.80. The van der Waals surface area contributed by atoms with E-state index >= 15 is 0 Å². The number of pyridine rings is 1. The molecule has 1 N–H and O–H groups in total. The van der Waals surface area contributed by atoms with Crippen LogP contribution in [0, 0.1) is 13.8 Å². The lowest BCUT2D eigenvalue weighted by Gasteiger charge is -2.10. The number of aromatic nitrogens is 1.